The highest BCUT2D eigenvalue weighted by Crippen LogP contribution is 2.45. The van der Waals surface area contributed by atoms with E-state index in [1.807, 2.05) is 11.3 Å². The van der Waals surface area contributed by atoms with Crippen LogP contribution in [0.4, 0.5) is 17.1 Å². The van der Waals surface area contributed by atoms with Gasteiger partial charge < -0.3 is 4.90 Å². The number of hydrogen-bond acceptors (Lipinski definition) is 2. The van der Waals surface area contributed by atoms with Gasteiger partial charge in [-0.2, -0.15) is 0 Å². The maximum absolute atomic E-state index is 2.42. The highest BCUT2D eigenvalue weighted by molar-refractivity contribution is 7.26. The predicted molar refractivity (Wildman–Crippen MR) is 233 cm³/mol. The largest absolute Gasteiger partial charge is 0.310 e. The van der Waals surface area contributed by atoms with Gasteiger partial charge in [0.25, 0.3) is 0 Å². The van der Waals surface area contributed by atoms with E-state index in [-0.39, 0.29) is 0 Å². The Morgan fingerprint density at radius 3 is 1.48 bits per heavy atom. The van der Waals surface area contributed by atoms with Crippen LogP contribution >= 0.6 is 11.3 Å². The van der Waals surface area contributed by atoms with Gasteiger partial charge in [0.2, 0.25) is 0 Å². The Hall–Kier alpha value is -6.74. The molecule has 10 rings (SSSR count). The molecular formula is C52H35NS. The standard InChI is InChI=1S/C52H35NS/c1-3-11-36(12-4-1)37-21-23-38(24-22-37)39-25-30-44(31-26-39)53(49-18-10-20-51-52(49)48-16-7-8-19-50(48)54-51)45-32-27-40(28-33-45)42-29-34-47-43(35-42)15-9-17-46(47)41-13-5-2-6-14-41/h1-35H. The Bertz CT molecular complexity index is 2890. The third-order valence-electron chi connectivity index (χ3n) is 10.5. The molecule has 0 saturated heterocycles. The first kappa shape index (κ1) is 32.0. The fraction of sp³-hybridized carbons (Fsp3) is 0. The molecule has 0 aliphatic carbocycles. The Labute approximate surface area is 319 Å². The van der Waals surface area contributed by atoms with Gasteiger partial charge >= 0.3 is 0 Å². The number of fused-ring (bicyclic) bond motifs is 4. The van der Waals surface area contributed by atoms with Crippen LogP contribution in [-0.4, -0.2) is 0 Å². The number of hydrogen-bond donors (Lipinski definition) is 0. The highest BCUT2D eigenvalue weighted by Gasteiger charge is 2.19. The van der Waals surface area contributed by atoms with E-state index in [1.165, 1.54) is 81.1 Å². The zero-order valence-corrected chi connectivity index (χ0v) is 30.4. The molecule has 10 aromatic rings. The maximum Gasteiger partial charge on any atom is 0.0554 e. The fourth-order valence-electron chi connectivity index (χ4n) is 7.79. The second kappa shape index (κ2) is 13.7. The van der Waals surface area contributed by atoms with Crippen LogP contribution in [0.15, 0.2) is 212 Å². The monoisotopic (exact) mass is 705 g/mol. The second-order valence-electron chi connectivity index (χ2n) is 13.7. The average molecular weight is 706 g/mol. The van der Waals surface area contributed by atoms with Gasteiger partial charge in [-0.15, -0.1) is 11.3 Å². The Kier molecular flexibility index (Phi) is 8.09. The summed E-state index contributed by atoms with van der Waals surface area (Å²) in [5.74, 6) is 0. The van der Waals surface area contributed by atoms with Crippen LogP contribution in [0.3, 0.4) is 0 Å². The van der Waals surface area contributed by atoms with E-state index in [1.54, 1.807) is 0 Å². The van der Waals surface area contributed by atoms with Crippen LogP contribution in [-0.2, 0) is 0 Å². The van der Waals surface area contributed by atoms with Crippen LogP contribution < -0.4 is 4.90 Å². The first-order valence-electron chi connectivity index (χ1n) is 18.4. The molecule has 54 heavy (non-hydrogen) atoms. The molecule has 1 nitrogen and oxygen atoms in total. The van der Waals surface area contributed by atoms with Gasteiger partial charge in [-0.25, -0.2) is 0 Å². The number of thiophene rings is 1. The van der Waals surface area contributed by atoms with Crippen molar-refractivity contribution in [2.45, 2.75) is 0 Å². The van der Waals surface area contributed by atoms with Crippen molar-refractivity contribution in [3.8, 4) is 44.5 Å². The molecule has 1 aromatic heterocycles. The summed E-state index contributed by atoms with van der Waals surface area (Å²) in [6.45, 7) is 0. The maximum atomic E-state index is 2.42. The third kappa shape index (κ3) is 5.84. The van der Waals surface area contributed by atoms with Crippen LogP contribution in [0.1, 0.15) is 0 Å². The smallest absolute Gasteiger partial charge is 0.0554 e. The van der Waals surface area contributed by atoms with E-state index in [9.17, 15) is 0 Å². The van der Waals surface area contributed by atoms with Crippen LogP contribution in [0, 0.1) is 0 Å². The molecule has 1 heterocycles. The summed E-state index contributed by atoms with van der Waals surface area (Å²) >= 11 is 1.86. The summed E-state index contributed by atoms with van der Waals surface area (Å²) < 4.78 is 2.59. The van der Waals surface area contributed by atoms with Crippen LogP contribution in [0.2, 0.25) is 0 Å². The Morgan fingerprint density at radius 2 is 0.815 bits per heavy atom. The van der Waals surface area contributed by atoms with Crippen molar-refractivity contribution >= 4 is 59.3 Å². The summed E-state index contributed by atoms with van der Waals surface area (Å²) in [5, 5.41) is 5.08. The normalized spacial score (nSPS) is 11.3. The van der Waals surface area contributed by atoms with Crippen LogP contribution in [0.5, 0.6) is 0 Å². The van der Waals surface area contributed by atoms with Gasteiger partial charge in [-0.1, -0.05) is 164 Å². The zero-order valence-electron chi connectivity index (χ0n) is 29.6. The molecule has 9 aromatic carbocycles. The quantitative estimate of drug-likeness (QED) is 0.160. The van der Waals surface area contributed by atoms with Gasteiger partial charge in [0.15, 0.2) is 0 Å². The van der Waals surface area contributed by atoms with E-state index >= 15 is 0 Å². The minimum Gasteiger partial charge on any atom is -0.310 e. The molecule has 0 aliphatic heterocycles. The fourth-order valence-corrected chi connectivity index (χ4v) is 8.92. The highest BCUT2D eigenvalue weighted by atomic mass is 32.1. The first-order chi connectivity index (χ1) is 26.8. The number of benzene rings is 9. The predicted octanol–water partition coefficient (Wildman–Crippen LogP) is 15.3. The second-order valence-corrected chi connectivity index (χ2v) is 14.8. The molecule has 0 fully saturated rings. The Morgan fingerprint density at radius 1 is 0.315 bits per heavy atom. The summed E-state index contributed by atoms with van der Waals surface area (Å²) in [7, 11) is 0. The van der Waals surface area contributed by atoms with Crippen molar-refractivity contribution < 1.29 is 0 Å². The molecule has 0 radical (unpaired) electrons. The molecule has 0 saturated carbocycles. The topological polar surface area (TPSA) is 3.24 Å². The van der Waals surface area contributed by atoms with Crippen LogP contribution in [0.25, 0.3) is 75.5 Å². The van der Waals surface area contributed by atoms with Gasteiger partial charge in [0.05, 0.1) is 5.69 Å². The lowest BCUT2D eigenvalue weighted by molar-refractivity contribution is 1.30. The summed E-state index contributed by atoms with van der Waals surface area (Å²) in [5.41, 5.74) is 13.2. The lowest BCUT2D eigenvalue weighted by atomic mass is 9.95. The lowest BCUT2D eigenvalue weighted by Crippen LogP contribution is -2.10. The van der Waals surface area contributed by atoms with Crippen molar-refractivity contribution in [3.05, 3.63) is 212 Å². The van der Waals surface area contributed by atoms with Crippen molar-refractivity contribution in [2.75, 3.05) is 4.90 Å². The zero-order chi connectivity index (χ0) is 35.8. The van der Waals surface area contributed by atoms with Crippen molar-refractivity contribution in [1.82, 2.24) is 0 Å². The van der Waals surface area contributed by atoms with Gasteiger partial charge in [0.1, 0.15) is 0 Å². The summed E-state index contributed by atoms with van der Waals surface area (Å²) in [4.78, 5) is 2.42. The summed E-state index contributed by atoms with van der Waals surface area (Å²) in [6.07, 6.45) is 0. The molecular weight excluding hydrogens is 671 g/mol. The van der Waals surface area contributed by atoms with Crippen molar-refractivity contribution in [3.63, 3.8) is 0 Å². The minimum absolute atomic E-state index is 1.12. The first-order valence-corrected chi connectivity index (χ1v) is 19.2. The van der Waals surface area contributed by atoms with E-state index < -0.39 is 0 Å². The number of anilines is 3. The van der Waals surface area contributed by atoms with E-state index in [0.29, 0.717) is 0 Å². The number of rotatable bonds is 7. The van der Waals surface area contributed by atoms with Gasteiger partial charge in [0, 0.05) is 31.5 Å². The van der Waals surface area contributed by atoms with E-state index in [2.05, 4.69) is 217 Å². The number of nitrogens with zero attached hydrogens (tertiary/aromatic N) is 1. The Balaban J connectivity index is 1.04. The molecule has 0 amide bonds. The molecule has 2 heteroatoms. The van der Waals surface area contributed by atoms with Gasteiger partial charge in [-0.05, 0) is 104 Å². The SMILES string of the molecule is c1ccc(-c2ccc(-c3ccc(N(c4ccc(-c5ccc6c(-c7ccccc7)cccc6c5)cc4)c4cccc5sc6ccccc6c45)cc3)cc2)cc1. The molecule has 0 atom stereocenters. The molecule has 254 valence electrons. The van der Waals surface area contributed by atoms with E-state index in [4.69, 9.17) is 0 Å². The molecule has 0 unspecified atom stereocenters. The van der Waals surface area contributed by atoms with Crippen molar-refractivity contribution in [2.24, 2.45) is 0 Å². The molecule has 0 aliphatic rings. The minimum atomic E-state index is 1.12. The lowest BCUT2D eigenvalue weighted by Gasteiger charge is -2.27. The van der Waals surface area contributed by atoms with E-state index in [0.717, 1.165) is 11.4 Å². The van der Waals surface area contributed by atoms with Gasteiger partial charge in [-0.3, -0.25) is 0 Å². The third-order valence-corrected chi connectivity index (χ3v) is 11.6. The molecule has 0 spiro atoms. The molecule has 0 N–H and O–H groups in total. The van der Waals surface area contributed by atoms with Crippen molar-refractivity contribution in [1.29, 1.82) is 0 Å². The summed E-state index contributed by atoms with van der Waals surface area (Å²) in [6, 6.07) is 77.1. The average Bonchev–Trinajstić information content (AvgIpc) is 3.64. The molecule has 0 bridgehead atoms.